The zero-order valence-corrected chi connectivity index (χ0v) is 13.5. The van der Waals surface area contributed by atoms with Gasteiger partial charge in [-0.25, -0.2) is 9.78 Å². The SMILES string of the molecule is Nc1cc2c(NC(=O)NCc3cccc(C(F)(F)F)c3)cccc2cn1. The summed E-state index contributed by atoms with van der Waals surface area (Å²) in [5.74, 6) is 0.316. The third-order valence-electron chi connectivity index (χ3n) is 3.74. The van der Waals surface area contributed by atoms with Crippen LogP contribution in [0, 0.1) is 0 Å². The van der Waals surface area contributed by atoms with Gasteiger partial charge in [-0.3, -0.25) is 0 Å². The minimum absolute atomic E-state index is 0.0375. The number of nitrogens with one attached hydrogen (secondary N) is 2. The smallest absolute Gasteiger partial charge is 0.384 e. The van der Waals surface area contributed by atoms with Gasteiger partial charge in [-0.05, 0) is 29.8 Å². The van der Waals surface area contributed by atoms with Crippen LogP contribution >= 0.6 is 0 Å². The van der Waals surface area contributed by atoms with Crippen LogP contribution < -0.4 is 16.4 Å². The van der Waals surface area contributed by atoms with E-state index in [9.17, 15) is 18.0 Å². The highest BCUT2D eigenvalue weighted by atomic mass is 19.4. The number of halogens is 3. The van der Waals surface area contributed by atoms with Gasteiger partial charge in [0, 0.05) is 23.5 Å². The Morgan fingerprint density at radius 1 is 1.12 bits per heavy atom. The maximum absolute atomic E-state index is 12.7. The van der Waals surface area contributed by atoms with Gasteiger partial charge in [0.1, 0.15) is 5.82 Å². The lowest BCUT2D eigenvalue weighted by molar-refractivity contribution is -0.137. The normalized spacial score (nSPS) is 11.3. The van der Waals surface area contributed by atoms with E-state index in [-0.39, 0.29) is 6.54 Å². The molecule has 0 aliphatic carbocycles. The van der Waals surface area contributed by atoms with Crippen molar-refractivity contribution in [3.8, 4) is 0 Å². The number of urea groups is 1. The summed E-state index contributed by atoms with van der Waals surface area (Å²) < 4.78 is 38.2. The van der Waals surface area contributed by atoms with Crippen molar-refractivity contribution in [2.24, 2.45) is 0 Å². The van der Waals surface area contributed by atoms with Crippen molar-refractivity contribution in [1.82, 2.24) is 10.3 Å². The molecular weight excluding hydrogens is 345 g/mol. The second kappa shape index (κ2) is 6.91. The number of nitrogens with zero attached hydrogens (tertiary/aromatic N) is 1. The number of rotatable bonds is 3. The van der Waals surface area contributed by atoms with Crippen LogP contribution in [0.2, 0.25) is 0 Å². The van der Waals surface area contributed by atoms with Crippen molar-refractivity contribution in [2.45, 2.75) is 12.7 Å². The summed E-state index contributed by atoms with van der Waals surface area (Å²) in [6.45, 7) is -0.0375. The lowest BCUT2D eigenvalue weighted by atomic mass is 10.1. The van der Waals surface area contributed by atoms with Gasteiger partial charge in [0.05, 0.1) is 11.3 Å². The molecule has 0 spiro atoms. The van der Waals surface area contributed by atoms with Crippen molar-refractivity contribution in [1.29, 1.82) is 0 Å². The fraction of sp³-hybridized carbons (Fsp3) is 0.111. The van der Waals surface area contributed by atoms with Crippen molar-refractivity contribution >= 4 is 28.3 Å². The number of carbonyl (C=O) groups is 1. The Hall–Kier alpha value is -3.29. The monoisotopic (exact) mass is 360 g/mol. The molecule has 3 aromatic rings. The summed E-state index contributed by atoms with van der Waals surface area (Å²) in [6, 6.07) is 11.2. The molecule has 0 saturated carbocycles. The van der Waals surface area contributed by atoms with Crippen LogP contribution in [-0.2, 0) is 12.7 Å². The molecule has 8 heteroatoms. The van der Waals surface area contributed by atoms with E-state index in [0.29, 0.717) is 22.5 Å². The first-order valence-corrected chi connectivity index (χ1v) is 7.68. The minimum atomic E-state index is -4.42. The third-order valence-corrected chi connectivity index (χ3v) is 3.74. The predicted octanol–water partition coefficient (Wildman–Crippen LogP) is 4.16. The van der Waals surface area contributed by atoms with Gasteiger partial charge in [-0.1, -0.05) is 24.3 Å². The Morgan fingerprint density at radius 3 is 2.65 bits per heavy atom. The van der Waals surface area contributed by atoms with Crippen molar-refractivity contribution in [3.63, 3.8) is 0 Å². The number of benzene rings is 2. The number of anilines is 2. The molecule has 0 saturated heterocycles. The van der Waals surface area contributed by atoms with Gasteiger partial charge in [0.25, 0.3) is 0 Å². The van der Waals surface area contributed by atoms with Crippen LogP contribution in [0.3, 0.4) is 0 Å². The van der Waals surface area contributed by atoms with Crippen LogP contribution in [0.5, 0.6) is 0 Å². The van der Waals surface area contributed by atoms with E-state index < -0.39 is 17.8 Å². The summed E-state index contributed by atoms with van der Waals surface area (Å²) in [7, 11) is 0. The average Bonchev–Trinajstić information content (AvgIpc) is 2.60. The molecule has 0 aliphatic rings. The topological polar surface area (TPSA) is 80.0 Å². The first-order chi connectivity index (χ1) is 12.3. The van der Waals surface area contributed by atoms with Gasteiger partial charge in [0.2, 0.25) is 0 Å². The Morgan fingerprint density at radius 2 is 1.88 bits per heavy atom. The highest BCUT2D eigenvalue weighted by Crippen LogP contribution is 2.29. The molecule has 1 heterocycles. The summed E-state index contributed by atoms with van der Waals surface area (Å²) >= 11 is 0. The highest BCUT2D eigenvalue weighted by Gasteiger charge is 2.30. The van der Waals surface area contributed by atoms with E-state index >= 15 is 0 Å². The number of aromatic nitrogens is 1. The van der Waals surface area contributed by atoms with Crippen LogP contribution in [0.15, 0.2) is 54.7 Å². The van der Waals surface area contributed by atoms with E-state index in [1.165, 1.54) is 12.1 Å². The second-order valence-corrected chi connectivity index (χ2v) is 5.64. The van der Waals surface area contributed by atoms with Gasteiger partial charge in [-0.15, -0.1) is 0 Å². The molecule has 3 rings (SSSR count). The standard InChI is InChI=1S/C18H15F3N4O/c19-18(20,21)13-5-1-3-11(7-13)9-24-17(26)25-15-6-2-4-12-10-23-16(22)8-14(12)15/h1-8,10H,9H2,(H2,22,23)(H2,24,25,26). The zero-order chi connectivity index (χ0) is 18.7. The lowest BCUT2D eigenvalue weighted by Crippen LogP contribution is -2.28. The first-order valence-electron chi connectivity index (χ1n) is 7.68. The Bertz CT molecular complexity index is 957. The molecule has 134 valence electrons. The van der Waals surface area contributed by atoms with E-state index in [0.717, 1.165) is 17.5 Å². The maximum atomic E-state index is 12.7. The maximum Gasteiger partial charge on any atom is 0.416 e. The van der Waals surface area contributed by atoms with Crippen LogP contribution in [-0.4, -0.2) is 11.0 Å². The zero-order valence-electron chi connectivity index (χ0n) is 13.5. The number of nitrogen functional groups attached to an aromatic ring is 1. The van der Waals surface area contributed by atoms with Gasteiger partial charge < -0.3 is 16.4 Å². The molecule has 2 aromatic carbocycles. The summed E-state index contributed by atoms with van der Waals surface area (Å²) in [4.78, 5) is 16.1. The molecule has 0 unspecified atom stereocenters. The van der Waals surface area contributed by atoms with Gasteiger partial charge >= 0.3 is 12.2 Å². The van der Waals surface area contributed by atoms with Crippen LogP contribution in [0.4, 0.5) is 29.5 Å². The largest absolute Gasteiger partial charge is 0.416 e. The summed E-state index contributed by atoms with van der Waals surface area (Å²) in [6.07, 6.45) is -2.83. The number of alkyl halides is 3. The summed E-state index contributed by atoms with van der Waals surface area (Å²) in [5.41, 5.74) is 5.80. The van der Waals surface area contributed by atoms with E-state index in [1.807, 2.05) is 6.07 Å². The van der Waals surface area contributed by atoms with E-state index in [4.69, 9.17) is 5.73 Å². The quantitative estimate of drug-likeness (QED) is 0.656. The third kappa shape index (κ3) is 4.02. The number of pyridine rings is 1. The first kappa shape index (κ1) is 17.5. The highest BCUT2D eigenvalue weighted by molar-refractivity contribution is 6.02. The van der Waals surface area contributed by atoms with Crippen molar-refractivity contribution in [2.75, 3.05) is 11.1 Å². The lowest BCUT2D eigenvalue weighted by Gasteiger charge is -2.12. The van der Waals surface area contributed by atoms with Crippen LogP contribution in [0.25, 0.3) is 10.8 Å². The van der Waals surface area contributed by atoms with Crippen molar-refractivity contribution < 1.29 is 18.0 Å². The molecule has 2 amide bonds. The number of hydrogen-bond donors (Lipinski definition) is 3. The molecule has 0 aliphatic heterocycles. The fourth-order valence-corrected chi connectivity index (χ4v) is 2.50. The number of nitrogens with two attached hydrogens (primary N) is 1. The molecular formula is C18H15F3N4O. The van der Waals surface area contributed by atoms with E-state index in [2.05, 4.69) is 15.6 Å². The van der Waals surface area contributed by atoms with Gasteiger partial charge in [-0.2, -0.15) is 13.2 Å². The molecule has 0 atom stereocenters. The number of hydrogen-bond acceptors (Lipinski definition) is 3. The predicted molar refractivity (Wildman–Crippen MR) is 93.5 cm³/mol. The fourth-order valence-electron chi connectivity index (χ4n) is 2.50. The second-order valence-electron chi connectivity index (χ2n) is 5.64. The number of carbonyl (C=O) groups excluding carboxylic acids is 1. The Labute approximate surface area is 147 Å². The van der Waals surface area contributed by atoms with E-state index in [1.54, 1.807) is 24.4 Å². The molecule has 0 fully saturated rings. The minimum Gasteiger partial charge on any atom is -0.384 e. The molecule has 0 bridgehead atoms. The number of amides is 2. The Kier molecular flexibility index (Phi) is 4.66. The van der Waals surface area contributed by atoms with Crippen LogP contribution in [0.1, 0.15) is 11.1 Å². The molecule has 5 nitrogen and oxygen atoms in total. The summed E-state index contributed by atoms with van der Waals surface area (Å²) in [5, 5.41) is 6.73. The van der Waals surface area contributed by atoms with Crippen molar-refractivity contribution in [3.05, 3.63) is 65.9 Å². The number of fused-ring (bicyclic) bond motifs is 1. The molecule has 26 heavy (non-hydrogen) atoms. The molecule has 0 radical (unpaired) electrons. The Balaban J connectivity index is 1.70. The average molecular weight is 360 g/mol. The molecule has 4 N–H and O–H groups in total. The van der Waals surface area contributed by atoms with Gasteiger partial charge in [0.15, 0.2) is 0 Å². The molecule has 1 aromatic heterocycles.